The largest absolute Gasteiger partial charge is 0.223 e. The van der Waals surface area contributed by atoms with Crippen LogP contribution in [0.1, 0.15) is 18.4 Å². The maximum Gasteiger partial charge on any atom is 0.181 e. The Morgan fingerprint density at radius 3 is 2.15 bits per heavy atom. The van der Waals surface area contributed by atoms with Gasteiger partial charge >= 0.3 is 0 Å². The highest BCUT2D eigenvalue weighted by Gasteiger charge is 2.36. The van der Waals surface area contributed by atoms with E-state index in [9.17, 15) is 8.42 Å². The van der Waals surface area contributed by atoms with Gasteiger partial charge in [0.05, 0.1) is 10.1 Å². The first kappa shape index (κ1) is 8.75. The minimum Gasteiger partial charge on any atom is -0.223 e. The van der Waals surface area contributed by atoms with E-state index in [1.165, 1.54) is 0 Å². The summed E-state index contributed by atoms with van der Waals surface area (Å²) >= 11 is 0. The summed E-state index contributed by atoms with van der Waals surface area (Å²) in [4.78, 5) is 0.473. The lowest BCUT2D eigenvalue weighted by Gasteiger charge is -2.01. The molecule has 0 aromatic heterocycles. The number of hydrogen-bond donors (Lipinski definition) is 0. The molecule has 0 aliphatic heterocycles. The second-order valence-electron chi connectivity index (χ2n) is 3.56. The van der Waals surface area contributed by atoms with Crippen LogP contribution in [-0.2, 0) is 9.84 Å². The molecule has 0 atom stereocenters. The highest BCUT2D eigenvalue weighted by molar-refractivity contribution is 7.92. The quantitative estimate of drug-likeness (QED) is 0.724. The number of benzene rings is 1. The Morgan fingerprint density at radius 1 is 1.15 bits per heavy atom. The SMILES string of the molecule is Cc1ccc(S(=O)(=O)C2CC2)cc1. The van der Waals surface area contributed by atoms with Gasteiger partial charge in [-0.15, -0.1) is 0 Å². The van der Waals surface area contributed by atoms with Gasteiger partial charge < -0.3 is 0 Å². The third-order valence-electron chi connectivity index (χ3n) is 2.31. The van der Waals surface area contributed by atoms with E-state index in [1.54, 1.807) is 12.1 Å². The highest BCUT2D eigenvalue weighted by Crippen LogP contribution is 2.33. The van der Waals surface area contributed by atoms with Gasteiger partial charge in [-0.3, -0.25) is 0 Å². The van der Waals surface area contributed by atoms with Crippen LogP contribution in [0.5, 0.6) is 0 Å². The highest BCUT2D eigenvalue weighted by atomic mass is 32.2. The van der Waals surface area contributed by atoms with Crippen LogP contribution in [-0.4, -0.2) is 13.7 Å². The summed E-state index contributed by atoms with van der Waals surface area (Å²) in [7, 11) is -2.98. The average Bonchev–Trinajstić information content (AvgIpc) is 2.87. The maximum absolute atomic E-state index is 11.7. The molecule has 1 aliphatic rings. The van der Waals surface area contributed by atoms with Crippen molar-refractivity contribution < 1.29 is 8.42 Å². The van der Waals surface area contributed by atoms with E-state index in [1.807, 2.05) is 19.1 Å². The van der Waals surface area contributed by atoms with Gasteiger partial charge in [-0.2, -0.15) is 0 Å². The van der Waals surface area contributed by atoms with Crippen LogP contribution in [0.2, 0.25) is 0 Å². The molecule has 1 fully saturated rings. The first-order valence-electron chi connectivity index (χ1n) is 4.41. The molecule has 13 heavy (non-hydrogen) atoms. The fourth-order valence-corrected chi connectivity index (χ4v) is 2.96. The van der Waals surface area contributed by atoms with E-state index in [4.69, 9.17) is 0 Å². The van der Waals surface area contributed by atoms with E-state index in [0.717, 1.165) is 18.4 Å². The van der Waals surface area contributed by atoms with E-state index in [-0.39, 0.29) is 5.25 Å². The Balaban J connectivity index is 2.40. The fourth-order valence-electron chi connectivity index (χ4n) is 1.30. The van der Waals surface area contributed by atoms with Crippen molar-refractivity contribution in [3.63, 3.8) is 0 Å². The van der Waals surface area contributed by atoms with Crippen LogP contribution in [0, 0.1) is 6.92 Å². The fraction of sp³-hybridized carbons (Fsp3) is 0.400. The predicted octanol–water partition coefficient (Wildman–Crippen LogP) is 1.93. The topological polar surface area (TPSA) is 34.1 Å². The molecule has 0 radical (unpaired) electrons. The molecule has 0 N–H and O–H groups in total. The summed E-state index contributed by atoms with van der Waals surface area (Å²) in [5, 5.41) is -0.102. The second kappa shape index (κ2) is 2.84. The van der Waals surface area contributed by atoms with Crippen molar-refractivity contribution in [3.8, 4) is 0 Å². The number of sulfone groups is 1. The first-order valence-corrected chi connectivity index (χ1v) is 5.96. The minimum absolute atomic E-state index is 0.102. The molecule has 1 aliphatic carbocycles. The molecule has 70 valence electrons. The van der Waals surface area contributed by atoms with Crippen molar-refractivity contribution >= 4 is 9.84 Å². The van der Waals surface area contributed by atoms with Crippen LogP contribution in [0.3, 0.4) is 0 Å². The van der Waals surface area contributed by atoms with Crippen LogP contribution >= 0.6 is 0 Å². The Bertz CT molecular complexity index is 399. The van der Waals surface area contributed by atoms with Crippen LogP contribution in [0.15, 0.2) is 29.2 Å². The van der Waals surface area contributed by atoms with Crippen molar-refractivity contribution in [2.45, 2.75) is 29.9 Å². The lowest BCUT2D eigenvalue weighted by Crippen LogP contribution is -2.06. The van der Waals surface area contributed by atoms with Crippen molar-refractivity contribution in [1.29, 1.82) is 0 Å². The van der Waals surface area contributed by atoms with Gasteiger partial charge in [0.25, 0.3) is 0 Å². The summed E-state index contributed by atoms with van der Waals surface area (Å²) in [6.45, 7) is 1.95. The van der Waals surface area contributed by atoms with Crippen molar-refractivity contribution in [3.05, 3.63) is 29.8 Å². The van der Waals surface area contributed by atoms with Crippen molar-refractivity contribution in [1.82, 2.24) is 0 Å². The third kappa shape index (κ3) is 1.61. The van der Waals surface area contributed by atoms with Crippen molar-refractivity contribution in [2.24, 2.45) is 0 Å². The summed E-state index contributed by atoms with van der Waals surface area (Å²) < 4.78 is 23.4. The van der Waals surface area contributed by atoms with Gasteiger partial charge in [0.2, 0.25) is 0 Å². The molecule has 0 bridgehead atoms. The van der Waals surface area contributed by atoms with Crippen LogP contribution in [0.25, 0.3) is 0 Å². The Morgan fingerprint density at radius 2 is 1.69 bits per heavy atom. The van der Waals surface area contributed by atoms with Gasteiger partial charge in [0.15, 0.2) is 9.84 Å². The molecular weight excluding hydrogens is 184 g/mol. The molecule has 1 aromatic rings. The molecule has 0 heterocycles. The van der Waals surface area contributed by atoms with Gasteiger partial charge in [0, 0.05) is 0 Å². The minimum atomic E-state index is -2.98. The Hall–Kier alpha value is -0.830. The van der Waals surface area contributed by atoms with E-state index in [0.29, 0.717) is 4.90 Å². The zero-order valence-electron chi connectivity index (χ0n) is 7.53. The smallest absolute Gasteiger partial charge is 0.181 e. The molecule has 3 heteroatoms. The standard InChI is InChI=1S/C10H12O2S/c1-8-2-4-9(5-3-8)13(11,12)10-6-7-10/h2-5,10H,6-7H2,1H3. The molecule has 0 unspecified atom stereocenters. The molecule has 1 saturated carbocycles. The summed E-state index contributed by atoms with van der Waals surface area (Å²) in [5.74, 6) is 0. The lowest BCUT2D eigenvalue weighted by atomic mass is 10.2. The molecule has 1 aromatic carbocycles. The average molecular weight is 196 g/mol. The monoisotopic (exact) mass is 196 g/mol. The van der Waals surface area contributed by atoms with E-state index < -0.39 is 9.84 Å². The normalized spacial score (nSPS) is 17.3. The van der Waals surface area contributed by atoms with Gasteiger partial charge in [-0.05, 0) is 31.9 Å². The van der Waals surface area contributed by atoms with Gasteiger partial charge in [0.1, 0.15) is 0 Å². The lowest BCUT2D eigenvalue weighted by molar-refractivity contribution is 0.595. The third-order valence-corrected chi connectivity index (χ3v) is 4.59. The first-order chi connectivity index (χ1) is 6.10. The van der Waals surface area contributed by atoms with E-state index >= 15 is 0 Å². The van der Waals surface area contributed by atoms with Gasteiger partial charge in [-0.25, -0.2) is 8.42 Å². The van der Waals surface area contributed by atoms with Crippen molar-refractivity contribution in [2.75, 3.05) is 0 Å². The molecular formula is C10H12O2S. The summed E-state index contributed by atoms with van der Waals surface area (Å²) in [6, 6.07) is 7.08. The predicted molar refractivity (Wildman–Crippen MR) is 51.4 cm³/mol. The number of rotatable bonds is 2. The van der Waals surface area contributed by atoms with Gasteiger partial charge in [-0.1, -0.05) is 17.7 Å². The molecule has 0 spiro atoms. The molecule has 2 nitrogen and oxygen atoms in total. The second-order valence-corrected chi connectivity index (χ2v) is 5.79. The zero-order valence-corrected chi connectivity index (χ0v) is 8.34. The maximum atomic E-state index is 11.7. The molecule has 2 rings (SSSR count). The summed E-state index contributed by atoms with van der Waals surface area (Å²) in [6.07, 6.45) is 1.66. The number of hydrogen-bond acceptors (Lipinski definition) is 2. The van der Waals surface area contributed by atoms with Crippen LogP contribution in [0.4, 0.5) is 0 Å². The molecule has 0 amide bonds. The number of aryl methyl sites for hydroxylation is 1. The van der Waals surface area contributed by atoms with Crippen LogP contribution < -0.4 is 0 Å². The Kier molecular flexibility index (Phi) is 1.91. The zero-order chi connectivity index (χ0) is 9.47. The Labute approximate surface area is 78.5 Å². The summed E-state index contributed by atoms with van der Waals surface area (Å²) in [5.41, 5.74) is 1.09. The molecule has 0 saturated heterocycles. The van der Waals surface area contributed by atoms with E-state index in [2.05, 4.69) is 0 Å².